The molecule has 8 nitrogen and oxygen atoms in total. The lowest BCUT2D eigenvalue weighted by Gasteiger charge is -2.17. The minimum Gasteiger partial charge on any atom is -0.480 e. The molecule has 1 aliphatic carbocycles. The maximum Gasteiger partial charge on any atom is 0.407 e. The van der Waals surface area contributed by atoms with Crippen molar-refractivity contribution in [2.75, 3.05) is 18.1 Å². The van der Waals surface area contributed by atoms with E-state index in [2.05, 4.69) is 5.32 Å². The first-order valence-electron chi connectivity index (χ1n) is 9.79. The largest absolute Gasteiger partial charge is 0.480 e. The number of nitrogens with one attached hydrogen (secondary N) is 1. The quantitative estimate of drug-likeness (QED) is 0.410. The van der Waals surface area contributed by atoms with Crippen molar-refractivity contribution in [3.63, 3.8) is 0 Å². The van der Waals surface area contributed by atoms with Gasteiger partial charge in [-0.1, -0.05) is 48.5 Å². The minimum atomic E-state index is -1.18. The first-order valence-corrected chi connectivity index (χ1v) is 10.9. The van der Waals surface area contributed by atoms with E-state index in [0.717, 1.165) is 22.3 Å². The summed E-state index contributed by atoms with van der Waals surface area (Å²) in [5, 5.41) is 20.5. The molecule has 1 aliphatic rings. The summed E-state index contributed by atoms with van der Waals surface area (Å²) in [6.45, 7) is 0.0917. The van der Waals surface area contributed by atoms with Crippen molar-refractivity contribution >= 4 is 29.8 Å². The molecule has 31 heavy (non-hydrogen) atoms. The molecule has 0 aromatic heterocycles. The summed E-state index contributed by atoms with van der Waals surface area (Å²) in [7, 11) is 0. The standard InChI is InChI=1S/C22H24N2O6S/c23-18(20(25)26)12-31-10-9-19(21(27)28)24-22(29)30-11-17-15-7-3-1-5-13(15)14-6-2-4-8-16(14)17/h1-8,17-19H,9-12,23H2,(H,24,29)(H,25,26)(H,27,28). The number of ether oxygens (including phenoxy) is 1. The molecule has 0 aliphatic heterocycles. The van der Waals surface area contributed by atoms with Crippen LogP contribution in [0.3, 0.4) is 0 Å². The van der Waals surface area contributed by atoms with E-state index in [9.17, 15) is 19.5 Å². The van der Waals surface area contributed by atoms with Gasteiger partial charge in [0.1, 0.15) is 18.7 Å². The summed E-state index contributed by atoms with van der Waals surface area (Å²) in [6, 6.07) is 13.7. The van der Waals surface area contributed by atoms with Gasteiger partial charge in [0.15, 0.2) is 0 Å². The van der Waals surface area contributed by atoms with E-state index in [-0.39, 0.29) is 24.7 Å². The number of nitrogens with two attached hydrogens (primary N) is 1. The molecule has 0 spiro atoms. The average Bonchev–Trinajstić information content (AvgIpc) is 3.07. The zero-order chi connectivity index (χ0) is 22.4. The third-order valence-electron chi connectivity index (χ3n) is 5.10. The number of benzene rings is 2. The second kappa shape index (κ2) is 10.3. The van der Waals surface area contributed by atoms with E-state index in [1.54, 1.807) is 0 Å². The predicted molar refractivity (Wildman–Crippen MR) is 117 cm³/mol. The van der Waals surface area contributed by atoms with Crippen molar-refractivity contribution in [1.82, 2.24) is 5.32 Å². The normalized spacial score (nSPS) is 14.2. The number of carbonyl (C=O) groups is 3. The van der Waals surface area contributed by atoms with Gasteiger partial charge in [0.05, 0.1) is 0 Å². The first kappa shape index (κ1) is 22.6. The Balaban J connectivity index is 1.54. The van der Waals surface area contributed by atoms with Crippen LogP contribution in [0.15, 0.2) is 48.5 Å². The summed E-state index contributed by atoms with van der Waals surface area (Å²) >= 11 is 1.22. The van der Waals surface area contributed by atoms with Gasteiger partial charge < -0.3 is 26.0 Å². The third kappa shape index (κ3) is 5.56. The van der Waals surface area contributed by atoms with Crippen molar-refractivity contribution in [3.05, 3.63) is 59.7 Å². The van der Waals surface area contributed by atoms with Crippen molar-refractivity contribution in [3.8, 4) is 11.1 Å². The summed E-state index contributed by atoms with van der Waals surface area (Å²) in [6.07, 6.45) is -0.683. The van der Waals surface area contributed by atoms with Gasteiger partial charge >= 0.3 is 18.0 Å². The number of carbonyl (C=O) groups excluding carboxylic acids is 1. The SMILES string of the molecule is NC(CSCCC(NC(=O)OCC1c2ccccc2-c2ccccc21)C(=O)O)C(=O)O. The van der Waals surface area contributed by atoms with Crippen molar-refractivity contribution in [2.24, 2.45) is 5.73 Å². The van der Waals surface area contributed by atoms with Crippen LogP contribution in [0.4, 0.5) is 4.79 Å². The Kier molecular flexibility index (Phi) is 7.54. The fourth-order valence-corrected chi connectivity index (χ4v) is 4.49. The summed E-state index contributed by atoms with van der Waals surface area (Å²) in [4.78, 5) is 34.4. The van der Waals surface area contributed by atoms with Gasteiger partial charge in [-0.15, -0.1) is 0 Å². The minimum absolute atomic E-state index is 0.0917. The molecule has 9 heteroatoms. The molecular weight excluding hydrogens is 420 g/mol. The van der Waals surface area contributed by atoms with Crippen LogP contribution in [0.2, 0.25) is 0 Å². The number of hydrogen-bond acceptors (Lipinski definition) is 6. The van der Waals surface area contributed by atoms with Crippen LogP contribution in [-0.2, 0) is 14.3 Å². The molecule has 5 N–H and O–H groups in total. The molecule has 1 amide bonds. The Hall–Kier alpha value is -3.04. The Morgan fingerprint density at radius 3 is 2.13 bits per heavy atom. The summed E-state index contributed by atoms with van der Waals surface area (Å²) in [5.41, 5.74) is 9.76. The number of hydrogen-bond donors (Lipinski definition) is 4. The van der Waals surface area contributed by atoms with E-state index >= 15 is 0 Å². The van der Waals surface area contributed by atoms with Gasteiger partial charge in [0.25, 0.3) is 0 Å². The van der Waals surface area contributed by atoms with Crippen molar-refractivity contribution in [1.29, 1.82) is 0 Å². The lowest BCUT2D eigenvalue weighted by Crippen LogP contribution is -2.42. The molecule has 0 bridgehead atoms. The van der Waals surface area contributed by atoms with Crippen LogP contribution in [0.5, 0.6) is 0 Å². The molecule has 0 saturated heterocycles. The monoisotopic (exact) mass is 444 g/mol. The van der Waals surface area contributed by atoms with Gasteiger partial charge in [-0.05, 0) is 34.4 Å². The van der Waals surface area contributed by atoms with Crippen LogP contribution < -0.4 is 11.1 Å². The molecule has 0 fully saturated rings. The highest BCUT2D eigenvalue weighted by molar-refractivity contribution is 7.99. The highest BCUT2D eigenvalue weighted by Gasteiger charge is 2.29. The Labute approximate surface area is 183 Å². The fraction of sp³-hybridized carbons (Fsp3) is 0.318. The molecule has 3 rings (SSSR count). The maximum absolute atomic E-state index is 12.3. The zero-order valence-corrected chi connectivity index (χ0v) is 17.5. The van der Waals surface area contributed by atoms with Crippen molar-refractivity contribution in [2.45, 2.75) is 24.4 Å². The number of alkyl carbamates (subject to hydrolysis) is 1. The maximum atomic E-state index is 12.3. The number of amides is 1. The number of thioether (sulfide) groups is 1. The highest BCUT2D eigenvalue weighted by Crippen LogP contribution is 2.44. The molecule has 2 unspecified atom stereocenters. The van der Waals surface area contributed by atoms with Gasteiger partial charge in [0.2, 0.25) is 0 Å². The Bertz CT molecular complexity index is 921. The lowest BCUT2D eigenvalue weighted by atomic mass is 9.98. The molecule has 2 atom stereocenters. The Morgan fingerprint density at radius 2 is 1.58 bits per heavy atom. The van der Waals surface area contributed by atoms with Gasteiger partial charge in [0, 0.05) is 11.7 Å². The average molecular weight is 445 g/mol. The topological polar surface area (TPSA) is 139 Å². The van der Waals surface area contributed by atoms with E-state index in [0.29, 0.717) is 5.75 Å². The molecular formula is C22H24N2O6S. The van der Waals surface area contributed by atoms with Crippen LogP contribution in [0, 0.1) is 0 Å². The number of aliphatic carboxylic acids is 2. The molecule has 2 aromatic carbocycles. The number of carboxylic acids is 2. The van der Waals surface area contributed by atoms with Crippen molar-refractivity contribution < 1.29 is 29.3 Å². The van der Waals surface area contributed by atoms with E-state index in [1.165, 1.54) is 11.8 Å². The van der Waals surface area contributed by atoms with Gasteiger partial charge in [-0.3, -0.25) is 4.79 Å². The molecule has 164 valence electrons. The van der Waals surface area contributed by atoms with Crippen LogP contribution in [-0.4, -0.2) is 58.4 Å². The molecule has 0 heterocycles. The van der Waals surface area contributed by atoms with E-state index in [4.69, 9.17) is 15.6 Å². The van der Waals surface area contributed by atoms with Gasteiger partial charge in [-0.25, -0.2) is 9.59 Å². The predicted octanol–water partition coefficient (Wildman–Crippen LogP) is 2.51. The summed E-state index contributed by atoms with van der Waals surface area (Å²) < 4.78 is 5.38. The highest BCUT2D eigenvalue weighted by atomic mass is 32.2. The Morgan fingerprint density at radius 1 is 1.00 bits per heavy atom. The van der Waals surface area contributed by atoms with Gasteiger partial charge in [-0.2, -0.15) is 11.8 Å². The number of fused-ring (bicyclic) bond motifs is 3. The molecule has 0 radical (unpaired) electrons. The van der Waals surface area contributed by atoms with Crippen LogP contribution in [0.1, 0.15) is 23.5 Å². The fourth-order valence-electron chi connectivity index (χ4n) is 3.52. The van der Waals surface area contributed by atoms with E-state index < -0.39 is 30.1 Å². The summed E-state index contributed by atoms with van der Waals surface area (Å²) in [5.74, 6) is -1.92. The van der Waals surface area contributed by atoms with Crippen LogP contribution >= 0.6 is 11.8 Å². The zero-order valence-electron chi connectivity index (χ0n) is 16.7. The number of carboxylic acid groups (broad SMARTS) is 2. The second-order valence-electron chi connectivity index (χ2n) is 7.17. The first-order chi connectivity index (χ1) is 14.9. The smallest absolute Gasteiger partial charge is 0.407 e. The lowest BCUT2D eigenvalue weighted by molar-refractivity contribution is -0.139. The number of rotatable bonds is 10. The van der Waals surface area contributed by atoms with Crippen LogP contribution in [0.25, 0.3) is 11.1 Å². The second-order valence-corrected chi connectivity index (χ2v) is 8.32. The third-order valence-corrected chi connectivity index (χ3v) is 6.22. The van der Waals surface area contributed by atoms with E-state index in [1.807, 2.05) is 48.5 Å². The molecule has 0 saturated carbocycles. The molecule has 2 aromatic rings.